The molecule has 24 heavy (non-hydrogen) atoms. The molecule has 0 radical (unpaired) electrons. The molecule has 0 aromatic carbocycles. The van der Waals surface area contributed by atoms with Crippen LogP contribution in [0.1, 0.15) is 40.2 Å². The largest absolute Gasteiger partial charge is 0.481 e. The van der Waals surface area contributed by atoms with Gasteiger partial charge in [-0.2, -0.15) is 0 Å². The van der Waals surface area contributed by atoms with E-state index in [9.17, 15) is 9.90 Å². The SMILES string of the molecule is COc1ccc(CN2[C@H](C)CN(C(=O)O)C(C(C)(C)C)[C@@H]2C)cn1. The maximum absolute atomic E-state index is 11.7. The number of piperazine rings is 1. The van der Waals surface area contributed by atoms with Gasteiger partial charge in [0.05, 0.1) is 13.2 Å². The van der Waals surface area contributed by atoms with Crippen LogP contribution in [-0.4, -0.2) is 57.8 Å². The van der Waals surface area contributed by atoms with E-state index in [0.29, 0.717) is 12.4 Å². The van der Waals surface area contributed by atoms with Gasteiger partial charge in [0.2, 0.25) is 5.88 Å². The van der Waals surface area contributed by atoms with Crippen molar-refractivity contribution < 1.29 is 14.6 Å². The van der Waals surface area contributed by atoms with Crippen LogP contribution in [0.4, 0.5) is 4.79 Å². The molecule has 1 amide bonds. The number of methoxy groups -OCH3 is 1. The van der Waals surface area contributed by atoms with Crippen LogP contribution < -0.4 is 4.74 Å². The summed E-state index contributed by atoms with van der Waals surface area (Å²) in [6.45, 7) is 11.8. The van der Waals surface area contributed by atoms with E-state index in [2.05, 4.69) is 44.5 Å². The predicted molar refractivity (Wildman–Crippen MR) is 93.2 cm³/mol. The van der Waals surface area contributed by atoms with Crippen molar-refractivity contribution in [2.24, 2.45) is 5.41 Å². The predicted octanol–water partition coefficient (Wildman–Crippen LogP) is 3.08. The third-order valence-corrected chi connectivity index (χ3v) is 4.85. The van der Waals surface area contributed by atoms with Gasteiger partial charge in [0, 0.05) is 37.4 Å². The first-order valence-electron chi connectivity index (χ1n) is 8.39. The van der Waals surface area contributed by atoms with Crippen LogP contribution in [-0.2, 0) is 6.54 Å². The molecule has 6 heteroatoms. The normalized spacial score (nSPS) is 25.6. The lowest BCUT2D eigenvalue weighted by molar-refractivity contribution is -0.0446. The maximum Gasteiger partial charge on any atom is 0.407 e. The van der Waals surface area contributed by atoms with E-state index in [1.807, 2.05) is 18.3 Å². The van der Waals surface area contributed by atoms with Crippen molar-refractivity contribution in [3.05, 3.63) is 23.9 Å². The molecular formula is C18H29N3O3. The lowest BCUT2D eigenvalue weighted by Crippen LogP contribution is -2.66. The van der Waals surface area contributed by atoms with Gasteiger partial charge in [0.25, 0.3) is 0 Å². The number of amides is 1. The molecule has 2 heterocycles. The van der Waals surface area contributed by atoms with Gasteiger partial charge in [0.15, 0.2) is 0 Å². The monoisotopic (exact) mass is 335 g/mol. The van der Waals surface area contributed by atoms with Crippen LogP contribution in [0.3, 0.4) is 0 Å². The zero-order valence-electron chi connectivity index (χ0n) is 15.5. The highest BCUT2D eigenvalue weighted by Gasteiger charge is 2.45. The Morgan fingerprint density at radius 1 is 1.38 bits per heavy atom. The second-order valence-electron chi connectivity index (χ2n) is 7.72. The molecule has 0 saturated carbocycles. The number of ether oxygens (including phenoxy) is 1. The molecule has 134 valence electrons. The van der Waals surface area contributed by atoms with Crippen molar-refractivity contribution in [1.82, 2.24) is 14.8 Å². The summed E-state index contributed by atoms with van der Waals surface area (Å²) in [6.07, 6.45) is 0.993. The Kier molecular flexibility index (Phi) is 5.38. The molecule has 1 aliphatic heterocycles. The number of carbonyl (C=O) groups is 1. The second-order valence-corrected chi connectivity index (χ2v) is 7.72. The molecule has 0 aliphatic carbocycles. The van der Waals surface area contributed by atoms with E-state index in [1.54, 1.807) is 12.0 Å². The van der Waals surface area contributed by atoms with Crippen molar-refractivity contribution in [3.8, 4) is 5.88 Å². The molecule has 1 aliphatic rings. The smallest absolute Gasteiger partial charge is 0.407 e. The van der Waals surface area contributed by atoms with E-state index >= 15 is 0 Å². The van der Waals surface area contributed by atoms with Crippen molar-refractivity contribution in [2.75, 3.05) is 13.7 Å². The van der Waals surface area contributed by atoms with E-state index < -0.39 is 6.09 Å². The summed E-state index contributed by atoms with van der Waals surface area (Å²) in [5.41, 5.74) is 0.972. The third kappa shape index (κ3) is 3.80. The summed E-state index contributed by atoms with van der Waals surface area (Å²) < 4.78 is 5.11. The molecule has 0 spiro atoms. The van der Waals surface area contributed by atoms with E-state index in [4.69, 9.17) is 4.74 Å². The molecule has 1 N–H and O–H groups in total. The minimum absolute atomic E-state index is 0.0580. The third-order valence-electron chi connectivity index (χ3n) is 4.85. The highest BCUT2D eigenvalue weighted by Crippen LogP contribution is 2.34. The fourth-order valence-corrected chi connectivity index (χ4v) is 3.87. The minimum Gasteiger partial charge on any atom is -0.481 e. The molecule has 1 aromatic heterocycles. The first kappa shape index (κ1) is 18.5. The van der Waals surface area contributed by atoms with Gasteiger partial charge in [-0.3, -0.25) is 4.90 Å². The molecule has 1 aromatic rings. The Morgan fingerprint density at radius 2 is 2.04 bits per heavy atom. The van der Waals surface area contributed by atoms with Crippen molar-refractivity contribution in [3.63, 3.8) is 0 Å². The fourth-order valence-electron chi connectivity index (χ4n) is 3.87. The molecule has 1 saturated heterocycles. The topological polar surface area (TPSA) is 65.9 Å². The maximum atomic E-state index is 11.7. The van der Waals surface area contributed by atoms with E-state index in [1.165, 1.54) is 0 Å². The molecular weight excluding hydrogens is 306 g/mol. The van der Waals surface area contributed by atoms with Crippen LogP contribution in [0.2, 0.25) is 0 Å². The lowest BCUT2D eigenvalue weighted by atomic mass is 9.79. The number of hydrogen-bond acceptors (Lipinski definition) is 4. The molecule has 0 bridgehead atoms. The zero-order valence-corrected chi connectivity index (χ0v) is 15.5. The average molecular weight is 335 g/mol. The molecule has 3 atom stereocenters. The van der Waals surface area contributed by atoms with Gasteiger partial charge in [-0.1, -0.05) is 26.8 Å². The summed E-state index contributed by atoms with van der Waals surface area (Å²) in [5, 5.41) is 9.62. The Morgan fingerprint density at radius 3 is 2.50 bits per heavy atom. The lowest BCUT2D eigenvalue weighted by Gasteiger charge is -2.53. The number of carboxylic acid groups (broad SMARTS) is 1. The Hall–Kier alpha value is -1.82. The van der Waals surface area contributed by atoms with E-state index in [-0.39, 0.29) is 23.5 Å². The van der Waals surface area contributed by atoms with E-state index in [0.717, 1.165) is 12.1 Å². The summed E-state index contributed by atoms with van der Waals surface area (Å²) in [6, 6.07) is 4.08. The summed E-state index contributed by atoms with van der Waals surface area (Å²) in [5.74, 6) is 0.600. The van der Waals surface area contributed by atoms with Crippen LogP contribution in [0, 0.1) is 5.41 Å². The van der Waals surface area contributed by atoms with Gasteiger partial charge >= 0.3 is 6.09 Å². The zero-order chi connectivity index (χ0) is 18.1. The highest BCUT2D eigenvalue weighted by molar-refractivity contribution is 5.66. The van der Waals surface area contributed by atoms with Gasteiger partial charge in [-0.05, 0) is 24.8 Å². The summed E-state index contributed by atoms with van der Waals surface area (Å²) >= 11 is 0. The highest BCUT2D eigenvalue weighted by atomic mass is 16.5. The van der Waals surface area contributed by atoms with Crippen LogP contribution in [0.5, 0.6) is 5.88 Å². The first-order valence-corrected chi connectivity index (χ1v) is 8.39. The van der Waals surface area contributed by atoms with Gasteiger partial charge in [0.1, 0.15) is 0 Å². The fraction of sp³-hybridized carbons (Fsp3) is 0.667. The van der Waals surface area contributed by atoms with Crippen molar-refractivity contribution in [1.29, 1.82) is 0 Å². The molecule has 2 rings (SSSR count). The summed E-state index contributed by atoms with van der Waals surface area (Å²) in [7, 11) is 1.60. The second kappa shape index (κ2) is 6.97. The molecule has 6 nitrogen and oxygen atoms in total. The van der Waals surface area contributed by atoms with Crippen molar-refractivity contribution in [2.45, 2.75) is 59.3 Å². The minimum atomic E-state index is -0.834. The quantitative estimate of drug-likeness (QED) is 0.919. The van der Waals surface area contributed by atoms with Crippen molar-refractivity contribution >= 4 is 6.09 Å². The average Bonchev–Trinajstić information content (AvgIpc) is 2.49. The van der Waals surface area contributed by atoms with Crippen LogP contribution in [0.15, 0.2) is 18.3 Å². The number of pyridine rings is 1. The number of nitrogens with zero attached hydrogens (tertiary/aromatic N) is 3. The Labute approximate surface area is 144 Å². The molecule has 1 fully saturated rings. The van der Waals surface area contributed by atoms with Gasteiger partial charge in [-0.15, -0.1) is 0 Å². The van der Waals surface area contributed by atoms with Crippen LogP contribution in [0.25, 0.3) is 0 Å². The van der Waals surface area contributed by atoms with Crippen LogP contribution >= 0.6 is 0 Å². The standard InChI is InChI=1S/C18H29N3O3/c1-12-10-21(17(22)23)16(18(3,4)5)13(2)20(12)11-14-7-8-15(24-6)19-9-14/h7-9,12-13,16H,10-11H2,1-6H3,(H,22,23)/t12-,13+,16?/m1/s1. The Bertz CT molecular complexity index is 568. The molecule has 1 unspecified atom stereocenters. The van der Waals surface area contributed by atoms with Gasteiger partial charge in [-0.25, -0.2) is 9.78 Å². The first-order chi connectivity index (χ1) is 11.1. The Balaban J connectivity index is 2.24. The summed E-state index contributed by atoms with van der Waals surface area (Å²) in [4.78, 5) is 20.0. The number of hydrogen-bond donors (Lipinski definition) is 1. The number of aromatic nitrogens is 1. The number of rotatable bonds is 3. The van der Waals surface area contributed by atoms with Gasteiger partial charge < -0.3 is 14.7 Å².